The predicted octanol–water partition coefficient (Wildman–Crippen LogP) is 5.28. The minimum Gasteiger partial charge on any atom is -0.300 e. The summed E-state index contributed by atoms with van der Waals surface area (Å²) in [5.74, 6) is -13.0. The van der Waals surface area contributed by atoms with E-state index in [2.05, 4.69) is 15.5 Å². The van der Waals surface area contributed by atoms with Crippen molar-refractivity contribution < 1.29 is 35.5 Å². The lowest BCUT2D eigenvalue weighted by atomic mass is 9.95. The van der Waals surface area contributed by atoms with Crippen LogP contribution in [0.4, 0.5) is 35.9 Å². The van der Waals surface area contributed by atoms with Gasteiger partial charge in [-0.2, -0.15) is 30.7 Å². The Hall–Kier alpha value is -1.66. The zero-order valence-corrected chi connectivity index (χ0v) is 16.0. The molecule has 1 heterocycles. The monoisotopic (exact) mass is 481 g/mol. The number of aromatic nitrogens is 2. The summed E-state index contributed by atoms with van der Waals surface area (Å²) in [5, 5.41) is 5.19. The average molecular weight is 482 g/mol. The summed E-state index contributed by atoms with van der Waals surface area (Å²) in [6.07, 6.45) is -6.57. The summed E-state index contributed by atoms with van der Waals surface area (Å²) < 4.78 is 89.0. The molecule has 0 aliphatic heterocycles. The first-order valence-electron chi connectivity index (χ1n) is 7.58. The molecule has 0 bridgehead atoms. The number of carbonyl (C=O) groups is 1. The van der Waals surface area contributed by atoms with Gasteiger partial charge in [0, 0.05) is 6.42 Å². The second-order valence-electron chi connectivity index (χ2n) is 6.17. The maximum Gasteiger partial charge on any atom is 0.460 e. The lowest BCUT2D eigenvalue weighted by Crippen LogP contribution is -2.50. The van der Waals surface area contributed by atoms with Gasteiger partial charge >= 0.3 is 18.0 Å². The van der Waals surface area contributed by atoms with Crippen LogP contribution in [0.1, 0.15) is 17.0 Å². The van der Waals surface area contributed by atoms with E-state index in [1.54, 1.807) is 18.2 Å². The van der Waals surface area contributed by atoms with Crippen molar-refractivity contribution in [2.24, 2.45) is 0 Å². The van der Waals surface area contributed by atoms with Crippen molar-refractivity contribution in [3.63, 3.8) is 0 Å². The van der Waals surface area contributed by atoms with Gasteiger partial charge in [0.15, 0.2) is 5.01 Å². The Kier molecular flexibility index (Phi) is 5.07. The largest absolute Gasteiger partial charge is 0.460 e. The molecule has 4 nitrogen and oxygen atoms in total. The SMILES string of the molecule is O=C(Nc1nnc(C(F)(F)C(F)(F)C(F)(F)F)s1)C1(c2ccccc2)CC1(Cl)Cl. The quantitative estimate of drug-likeness (QED) is 0.466. The third-order valence-corrected chi connectivity index (χ3v) is 6.13. The number of hydrogen-bond donors (Lipinski definition) is 1. The maximum absolute atomic E-state index is 13.7. The Morgan fingerprint density at radius 3 is 2.07 bits per heavy atom. The predicted molar refractivity (Wildman–Crippen MR) is 90.6 cm³/mol. The number of nitrogens with zero attached hydrogens (tertiary/aromatic N) is 2. The highest BCUT2D eigenvalue weighted by Gasteiger charge is 2.75. The fraction of sp³-hybridized carbons (Fsp3) is 0.400. The Morgan fingerprint density at radius 2 is 1.59 bits per heavy atom. The van der Waals surface area contributed by atoms with Gasteiger partial charge in [0.2, 0.25) is 11.0 Å². The molecule has 1 aromatic heterocycles. The molecule has 158 valence electrons. The van der Waals surface area contributed by atoms with Gasteiger partial charge in [0.1, 0.15) is 9.75 Å². The Balaban J connectivity index is 1.86. The second kappa shape index (κ2) is 6.67. The zero-order valence-electron chi connectivity index (χ0n) is 13.7. The van der Waals surface area contributed by atoms with E-state index in [-0.39, 0.29) is 17.8 Å². The standard InChI is InChI=1S/C15H8Cl2F7N3OS/c16-12(17)6-11(12,7-4-2-1-3-5-7)8(28)25-10-27-26-9(29-10)13(18,19)14(20,21)15(22,23)24/h1-5H,6H2,(H,25,27,28). The fourth-order valence-electron chi connectivity index (χ4n) is 2.62. The molecule has 1 amide bonds. The Bertz CT molecular complexity index is 935. The number of halogens is 9. The molecule has 1 aliphatic carbocycles. The molecule has 0 radical (unpaired) electrons. The highest BCUT2D eigenvalue weighted by atomic mass is 35.5. The first-order chi connectivity index (χ1) is 13.2. The topological polar surface area (TPSA) is 54.9 Å². The van der Waals surface area contributed by atoms with E-state index in [0.717, 1.165) is 0 Å². The van der Waals surface area contributed by atoms with Gasteiger partial charge in [-0.3, -0.25) is 10.1 Å². The molecule has 1 fully saturated rings. The van der Waals surface area contributed by atoms with Crippen LogP contribution in [0.3, 0.4) is 0 Å². The van der Waals surface area contributed by atoms with Gasteiger partial charge in [0.05, 0.1) is 0 Å². The van der Waals surface area contributed by atoms with E-state index in [4.69, 9.17) is 23.2 Å². The van der Waals surface area contributed by atoms with Gasteiger partial charge in [0.25, 0.3) is 0 Å². The van der Waals surface area contributed by atoms with Crippen molar-refractivity contribution >= 4 is 45.6 Å². The van der Waals surface area contributed by atoms with Crippen molar-refractivity contribution in [3.8, 4) is 0 Å². The smallest absolute Gasteiger partial charge is 0.300 e. The Labute approximate surface area is 172 Å². The van der Waals surface area contributed by atoms with Gasteiger partial charge < -0.3 is 0 Å². The molecular weight excluding hydrogens is 474 g/mol. The normalized spacial score (nSPS) is 21.7. The molecule has 0 saturated heterocycles. The molecular formula is C15H8Cl2F7N3OS. The summed E-state index contributed by atoms with van der Waals surface area (Å²) in [6, 6.07) is 7.91. The highest BCUT2D eigenvalue weighted by Crippen LogP contribution is 2.65. The molecule has 1 aromatic carbocycles. The molecule has 1 N–H and O–H groups in total. The van der Waals surface area contributed by atoms with E-state index in [9.17, 15) is 35.5 Å². The van der Waals surface area contributed by atoms with Crippen LogP contribution in [0.25, 0.3) is 0 Å². The minimum atomic E-state index is -6.52. The van der Waals surface area contributed by atoms with E-state index in [0.29, 0.717) is 5.56 Å². The number of benzene rings is 1. The summed E-state index contributed by atoms with van der Waals surface area (Å²) in [4.78, 5) is 12.7. The van der Waals surface area contributed by atoms with Gasteiger partial charge in [-0.1, -0.05) is 41.7 Å². The van der Waals surface area contributed by atoms with Crippen molar-refractivity contribution in [3.05, 3.63) is 40.9 Å². The zero-order chi connectivity index (χ0) is 21.9. The van der Waals surface area contributed by atoms with Crippen LogP contribution in [0, 0.1) is 0 Å². The third-order valence-electron chi connectivity index (χ3n) is 4.31. The van der Waals surface area contributed by atoms with E-state index < -0.39 is 43.8 Å². The van der Waals surface area contributed by atoms with Gasteiger partial charge in [-0.05, 0) is 5.56 Å². The minimum absolute atomic E-state index is 0.0487. The summed E-state index contributed by atoms with van der Waals surface area (Å²) >= 11 is 11.8. The number of anilines is 1. The Morgan fingerprint density at radius 1 is 1.03 bits per heavy atom. The van der Waals surface area contributed by atoms with Gasteiger partial charge in [-0.15, -0.1) is 33.4 Å². The van der Waals surface area contributed by atoms with Crippen molar-refractivity contribution in [2.75, 3.05) is 5.32 Å². The van der Waals surface area contributed by atoms with E-state index >= 15 is 0 Å². The number of nitrogens with one attached hydrogen (secondary N) is 1. The van der Waals surface area contributed by atoms with Crippen LogP contribution in [-0.4, -0.2) is 32.5 Å². The molecule has 29 heavy (non-hydrogen) atoms. The molecule has 3 rings (SSSR count). The van der Waals surface area contributed by atoms with Crippen molar-refractivity contribution in [2.45, 2.75) is 34.2 Å². The summed E-state index contributed by atoms with van der Waals surface area (Å²) in [5.41, 5.74) is -1.09. The maximum atomic E-state index is 13.7. The van der Waals surface area contributed by atoms with Gasteiger partial charge in [-0.25, -0.2) is 0 Å². The lowest BCUT2D eigenvalue weighted by molar-refractivity contribution is -0.359. The van der Waals surface area contributed by atoms with Crippen molar-refractivity contribution in [1.29, 1.82) is 0 Å². The van der Waals surface area contributed by atoms with Crippen LogP contribution >= 0.6 is 34.5 Å². The first-order valence-corrected chi connectivity index (χ1v) is 9.15. The molecule has 1 unspecified atom stereocenters. The lowest BCUT2D eigenvalue weighted by Gasteiger charge is -2.26. The number of alkyl halides is 9. The highest BCUT2D eigenvalue weighted by molar-refractivity contribution is 7.15. The number of hydrogen-bond acceptors (Lipinski definition) is 4. The van der Waals surface area contributed by atoms with Crippen LogP contribution in [-0.2, 0) is 16.1 Å². The average Bonchev–Trinajstić information content (AvgIpc) is 2.96. The summed E-state index contributed by atoms with van der Waals surface area (Å²) in [7, 11) is 0. The molecule has 1 aliphatic rings. The second-order valence-corrected chi connectivity index (χ2v) is 8.63. The third kappa shape index (κ3) is 3.34. The summed E-state index contributed by atoms with van der Waals surface area (Å²) in [6.45, 7) is 0. The first kappa shape index (κ1) is 22.0. The number of rotatable bonds is 5. The van der Waals surface area contributed by atoms with E-state index in [1.165, 1.54) is 12.1 Å². The van der Waals surface area contributed by atoms with E-state index in [1.807, 2.05) is 0 Å². The molecule has 0 spiro atoms. The molecule has 14 heteroatoms. The van der Waals surface area contributed by atoms with Crippen LogP contribution in [0.2, 0.25) is 0 Å². The van der Waals surface area contributed by atoms with Crippen LogP contribution < -0.4 is 5.32 Å². The molecule has 1 saturated carbocycles. The number of amides is 1. The molecule has 2 aromatic rings. The molecule has 1 atom stereocenters. The van der Waals surface area contributed by atoms with Crippen LogP contribution in [0.15, 0.2) is 30.3 Å². The fourth-order valence-corrected chi connectivity index (χ4v) is 4.16. The van der Waals surface area contributed by atoms with Crippen LogP contribution in [0.5, 0.6) is 0 Å². The number of carbonyl (C=O) groups excluding carboxylic acids is 1. The van der Waals surface area contributed by atoms with Crippen molar-refractivity contribution in [1.82, 2.24) is 10.2 Å².